The molecule has 0 aliphatic carbocycles. The fourth-order valence-corrected chi connectivity index (χ4v) is 3.43. The Kier molecular flexibility index (Phi) is 6.31. The average molecular weight is 380 g/mol. The lowest BCUT2D eigenvalue weighted by Gasteiger charge is -2.25. The molecule has 1 aliphatic heterocycles. The van der Waals surface area contributed by atoms with Gasteiger partial charge in [0.25, 0.3) is 5.91 Å². The van der Waals surface area contributed by atoms with E-state index in [1.54, 1.807) is 18.2 Å². The van der Waals surface area contributed by atoms with Crippen molar-refractivity contribution in [3.63, 3.8) is 0 Å². The van der Waals surface area contributed by atoms with Gasteiger partial charge in [0.1, 0.15) is 0 Å². The van der Waals surface area contributed by atoms with Crippen molar-refractivity contribution < 1.29 is 9.59 Å². The van der Waals surface area contributed by atoms with Crippen LogP contribution in [-0.2, 0) is 4.79 Å². The summed E-state index contributed by atoms with van der Waals surface area (Å²) >= 11 is 0. The van der Waals surface area contributed by atoms with Crippen molar-refractivity contribution in [2.45, 2.75) is 33.1 Å². The number of piperidine rings is 1. The Morgan fingerprint density at radius 1 is 0.964 bits per heavy atom. The fourth-order valence-electron chi connectivity index (χ4n) is 3.43. The normalized spacial score (nSPS) is 14.5. The van der Waals surface area contributed by atoms with Crippen LogP contribution >= 0.6 is 0 Å². The van der Waals surface area contributed by atoms with E-state index in [-0.39, 0.29) is 11.8 Å². The van der Waals surface area contributed by atoms with E-state index in [0.717, 1.165) is 37.1 Å². The molecule has 0 saturated carbocycles. The van der Waals surface area contributed by atoms with Crippen LogP contribution in [0.5, 0.6) is 0 Å². The molecule has 0 aromatic heterocycles. The second-order valence-corrected chi connectivity index (χ2v) is 7.44. The van der Waals surface area contributed by atoms with Gasteiger partial charge in [0.15, 0.2) is 0 Å². The lowest BCUT2D eigenvalue weighted by atomic mass is 10.1. The zero-order valence-corrected chi connectivity index (χ0v) is 16.5. The second kappa shape index (κ2) is 8.89. The largest absolute Gasteiger partial charge is 0.399 e. The molecule has 0 radical (unpaired) electrons. The highest BCUT2D eigenvalue weighted by Gasteiger charge is 2.15. The van der Waals surface area contributed by atoms with Gasteiger partial charge in [-0.25, -0.2) is 0 Å². The molecular formula is C22H28N4O2. The predicted octanol–water partition coefficient (Wildman–Crippen LogP) is 3.56. The number of anilines is 3. The van der Waals surface area contributed by atoms with E-state index >= 15 is 0 Å². The lowest BCUT2D eigenvalue weighted by Crippen LogP contribution is -2.36. The monoisotopic (exact) mass is 380 g/mol. The van der Waals surface area contributed by atoms with Gasteiger partial charge in [-0.15, -0.1) is 0 Å². The molecule has 1 saturated heterocycles. The molecule has 0 atom stereocenters. The van der Waals surface area contributed by atoms with Gasteiger partial charge in [-0.3, -0.25) is 14.5 Å². The summed E-state index contributed by atoms with van der Waals surface area (Å²) in [6, 6.07) is 10.8. The van der Waals surface area contributed by atoms with Gasteiger partial charge >= 0.3 is 0 Å². The first-order valence-electron chi connectivity index (χ1n) is 9.73. The summed E-state index contributed by atoms with van der Waals surface area (Å²) in [5, 5.41) is 5.87. The molecule has 148 valence electrons. The number of likely N-dealkylation sites (tertiary alicyclic amines) is 1. The summed E-state index contributed by atoms with van der Waals surface area (Å²) in [5.74, 6) is -0.251. The zero-order valence-electron chi connectivity index (χ0n) is 16.5. The molecule has 1 heterocycles. The highest BCUT2D eigenvalue weighted by atomic mass is 16.2. The van der Waals surface area contributed by atoms with Crippen molar-refractivity contribution in [2.24, 2.45) is 0 Å². The number of nitrogens with one attached hydrogen (secondary N) is 2. The smallest absolute Gasteiger partial charge is 0.256 e. The van der Waals surface area contributed by atoms with E-state index in [4.69, 9.17) is 5.73 Å². The first kappa shape index (κ1) is 19.9. The molecule has 4 N–H and O–H groups in total. The molecule has 28 heavy (non-hydrogen) atoms. The van der Waals surface area contributed by atoms with Gasteiger partial charge in [0.2, 0.25) is 5.91 Å². The number of nitrogens with two attached hydrogens (primary N) is 1. The minimum atomic E-state index is -0.223. The van der Waals surface area contributed by atoms with Gasteiger partial charge < -0.3 is 16.4 Å². The van der Waals surface area contributed by atoms with E-state index in [9.17, 15) is 9.59 Å². The van der Waals surface area contributed by atoms with E-state index in [1.165, 1.54) is 6.42 Å². The van der Waals surface area contributed by atoms with Crippen LogP contribution in [0.15, 0.2) is 36.4 Å². The summed E-state index contributed by atoms with van der Waals surface area (Å²) in [7, 11) is 0. The lowest BCUT2D eigenvalue weighted by molar-refractivity contribution is -0.117. The number of rotatable bonds is 5. The van der Waals surface area contributed by atoms with Gasteiger partial charge in [-0.1, -0.05) is 18.6 Å². The van der Waals surface area contributed by atoms with Crippen molar-refractivity contribution in [3.05, 3.63) is 53.1 Å². The molecular weight excluding hydrogens is 352 g/mol. The van der Waals surface area contributed by atoms with E-state index < -0.39 is 0 Å². The van der Waals surface area contributed by atoms with Crippen LogP contribution in [0, 0.1) is 13.8 Å². The number of amides is 2. The summed E-state index contributed by atoms with van der Waals surface area (Å²) in [6.07, 6.45) is 3.54. The summed E-state index contributed by atoms with van der Waals surface area (Å²) in [6.45, 7) is 6.16. The summed E-state index contributed by atoms with van der Waals surface area (Å²) < 4.78 is 0. The van der Waals surface area contributed by atoms with Crippen LogP contribution in [0.25, 0.3) is 0 Å². The van der Waals surface area contributed by atoms with Crippen molar-refractivity contribution in [3.8, 4) is 0 Å². The average Bonchev–Trinajstić information content (AvgIpc) is 2.67. The molecule has 2 aromatic carbocycles. The molecule has 1 aliphatic rings. The van der Waals surface area contributed by atoms with Crippen LogP contribution in [0.3, 0.4) is 0 Å². The number of hydrogen-bond donors (Lipinski definition) is 3. The van der Waals surface area contributed by atoms with Gasteiger partial charge in [-0.05, 0) is 75.2 Å². The molecule has 6 nitrogen and oxygen atoms in total. The highest BCUT2D eigenvalue weighted by molar-refractivity contribution is 6.06. The second-order valence-electron chi connectivity index (χ2n) is 7.44. The summed E-state index contributed by atoms with van der Waals surface area (Å²) in [5.41, 5.74) is 10.0. The van der Waals surface area contributed by atoms with Gasteiger partial charge in [-0.2, -0.15) is 0 Å². The number of nitrogen functional groups attached to an aromatic ring is 1. The SMILES string of the molecule is Cc1ccc(NC(=O)c2cc(N)ccc2C)cc1NC(=O)CN1CCCCC1. The van der Waals surface area contributed by atoms with E-state index in [0.29, 0.717) is 29.2 Å². The molecule has 3 rings (SSSR count). The molecule has 0 spiro atoms. The van der Waals surface area contributed by atoms with Gasteiger partial charge in [0.05, 0.1) is 6.54 Å². The Labute approximate surface area is 166 Å². The van der Waals surface area contributed by atoms with E-state index in [1.807, 2.05) is 32.0 Å². The molecule has 1 fully saturated rings. The Bertz CT molecular complexity index is 873. The Hall–Kier alpha value is -2.86. The van der Waals surface area contributed by atoms with Crippen LogP contribution in [0.2, 0.25) is 0 Å². The van der Waals surface area contributed by atoms with Crippen LogP contribution in [-0.4, -0.2) is 36.3 Å². The van der Waals surface area contributed by atoms with Crippen molar-refractivity contribution in [1.82, 2.24) is 4.90 Å². The third-order valence-electron chi connectivity index (χ3n) is 5.09. The van der Waals surface area contributed by atoms with Gasteiger partial charge in [0, 0.05) is 22.6 Å². The maximum absolute atomic E-state index is 12.6. The highest BCUT2D eigenvalue weighted by Crippen LogP contribution is 2.22. The number of hydrogen-bond acceptors (Lipinski definition) is 4. The maximum Gasteiger partial charge on any atom is 0.256 e. The number of benzene rings is 2. The first-order chi connectivity index (χ1) is 13.4. The quantitative estimate of drug-likeness (QED) is 0.692. The summed E-state index contributed by atoms with van der Waals surface area (Å²) in [4.78, 5) is 27.2. The number of nitrogens with zero attached hydrogens (tertiary/aromatic N) is 1. The number of carbonyl (C=O) groups excluding carboxylic acids is 2. The van der Waals surface area contributed by atoms with Crippen LogP contribution in [0.4, 0.5) is 17.1 Å². The zero-order chi connectivity index (χ0) is 20.1. The Morgan fingerprint density at radius 3 is 2.43 bits per heavy atom. The predicted molar refractivity (Wildman–Crippen MR) is 114 cm³/mol. The topological polar surface area (TPSA) is 87.5 Å². The van der Waals surface area contributed by atoms with Crippen LogP contribution in [0.1, 0.15) is 40.7 Å². The molecule has 0 bridgehead atoms. The molecule has 6 heteroatoms. The maximum atomic E-state index is 12.6. The minimum absolute atomic E-state index is 0.0276. The molecule has 0 unspecified atom stereocenters. The van der Waals surface area contributed by atoms with Crippen LogP contribution < -0.4 is 16.4 Å². The number of aryl methyl sites for hydroxylation is 2. The molecule has 2 aromatic rings. The van der Waals surface area contributed by atoms with Crippen molar-refractivity contribution in [1.29, 1.82) is 0 Å². The fraction of sp³-hybridized carbons (Fsp3) is 0.364. The van der Waals surface area contributed by atoms with Crippen molar-refractivity contribution >= 4 is 28.9 Å². The minimum Gasteiger partial charge on any atom is -0.399 e. The first-order valence-corrected chi connectivity index (χ1v) is 9.73. The Morgan fingerprint density at radius 2 is 1.68 bits per heavy atom. The number of carbonyl (C=O) groups is 2. The van der Waals surface area contributed by atoms with Crippen molar-refractivity contribution in [2.75, 3.05) is 36.0 Å². The third-order valence-corrected chi connectivity index (χ3v) is 5.09. The Balaban J connectivity index is 1.67. The standard InChI is InChI=1S/C22H28N4O2/c1-15-6-8-17(23)12-19(15)22(28)24-18-9-7-16(2)20(13-18)25-21(27)14-26-10-4-3-5-11-26/h6-9,12-13H,3-5,10-11,14,23H2,1-2H3,(H,24,28)(H,25,27). The third kappa shape index (κ3) is 5.10. The molecule has 2 amide bonds. The van der Waals surface area contributed by atoms with E-state index in [2.05, 4.69) is 15.5 Å².